The summed E-state index contributed by atoms with van der Waals surface area (Å²) in [6.07, 6.45) is 2.97. The summed E-state index contributed by atoms with van der Waals surface area (Å²) >= 11 is 0. The quantitative estimate of drug-likeness (QED) is 0.563. The first-order valence-corrected chi connectivity index (χ1v) is 11.0. The average Bonchev–Trinajstić information content (AvgIpc) is 2.68. The second kappa shape index (κ2) is 9.50. The Balaban J connectivity index is 1.89. The third-order valence-electron chi connectivity index (χ3n) is 5.54. The van der Waals surface area contributed by atoms with Crippen molar-refractivity contribution in [3.05, 3.63) is 51.7 Å². The highest BCUT2D eigenvalue weighted by molar-refractivity contribution is 5.98. The molecule has 0 unspecified atom stereocenters. The molecule has 0 saturated heterocycles. The van der Waals surface area contributed by atoms with E-state index >= 15 is 0 Å². The molecule has 0 fully saturated rings. The lowest BCUT2D eigenvalue weighted by Crippen LogP contribution is -2.38. The third-order valence-corrected chi connectivity index (χ3v) is 5.54. The van der Waals surface area contributed by atoms with Crippen LogP contribution in [0.5, 0.6) is 11.6 Å². The van der Waals surface area contributed by atoms with E-state index in [1.54, 1.807) is 0 Å². The van der Waals surface area contributed by atoms with E-state index < -0.39 is 0 Å². The Labute approximate surface area is 180 Å². The van der Waals surface area contributed by atoms with Crippen molar-refractivity contribution in [1.82, 2.24) is 9.88 Å². The van der Waals surface area contributed by atoms with Gasteiger partial charge in [-0.05, 0) is 70.7 Å². The fourth-order valence-electron chi connectivity index (χ4n) is 3.95. The summed E-state index contributed by atoms with van der Waals surface area (Å²) in [5.41, 5.74) is 5.86. The minimum absolute atomic E-state index is 0.0578. The van der Waals surface area contributed by atoms with Gasteiger partial charge in [0.15, 0.2) is 0 Å². The van der Waals surface area contributed by atoms with Crippen molar-refractivity contribution in [3.63, 3.8) is 0 Å². The van der Waals surface area contributed by atoms with Gasteiger partial charge in [0.25, 0.3) is 5.91 Å². The Morgan fingerprint density at radius 1 is 1.20 bits per heavy atom. The maximum Gasteiger partial charge on any atom is 0.254 e. The number of aromatic nitrogens is 1. The summed E-state index contributed by atoms with van der Waals surface area (Å²) in [5.74, 6) is 1.51. The van der Waals surface area contributed by atoms with Gasteiger partial charge in [0.2, 0.25) is 5.88 Å². The molecule has 1 aromatic heterocycles. The minimum atomic E-state index is 0.0578. The van der Waals surface area contributed by atoms with Gasteiger partial charge in [-0.15, -0.1) is 0 Å². The molecule has 0 bridgehead atoms. The zero-order valence-corrected chi connectivity index (χ0v) is 19.2. The molecule has 30 heavy (non-hydrogen) atoms. The number of fused-ring (bicyclic) bond motifs is 1. The highest BCUT2D eigenvalue weighted by Crippen LogP contribution is 2.32. The minimum Gasteiger partial charge on any atom is -0.491 e. The molecule has 2 heterocycles. The lowest BCUT2D eigenvalue weighted by molar-refractivity contribution is 0.0723. The van der Waals surface area contributed by atoms with Crippen LogP contribution in [0.2, 0.25) is 0 Å². The predicted octanol–water partition coefficient (Wildman–Crippen LogP) is 5.17. The van der Waals surface area contributed by atoms with Crippen LogP contribution in [-0.2, 0) is 13.0 Å². The zero-order chi connectivity index (χ0) is 21.8. The molecule has 1 aliphatic heterocycles. The van der Waals surface area contributed by atoms with Crippen LogP contribution in [0, 0.1) is 20.8 Å². The first kappa shape index (κ1) is 22.1. The monoisotopic (exact) mass is 410 g/mol. The maximum absolute atomic E-state index is 13.4. The molecule has 5 nitrogen and oxygen atoms in total. The van der Waals surface area contributed by atoms with E-state index in [2.05, 4.69) is 24.9 Å². The summed E-state index contributed by atoms with van der Waals surface area (Å²) in [6.45, 7) is 14.0. The Morgan fingerprint density at radius 2 is 1.97 bits per heavy atom. The van der Waals surface area contributed by atoms with Gasteiger partial charge in [-0.2, -0.15) is 0 Å². The molecule has 0 atom stereocenters. The predicted molar refractivity (Wildman–Crippen MR) is 120 cm³/mol. The number of hydrogen-bond donors (Lipinski definition) is 0. The number of benzene rings is 1. The van der Waals surface area contributed by atoms with E-state index in [1.807, 2.05) is 44.7 Å². The molecule has 1 aromatic carbocycles. The molecule has 0 saturated carbocycles. The van der Waals surface area contributed by atoms with Gasteiger partial charge in [-0.3, -0.25) is 4.79 Å². The number of hydrogen-bond acceptors (Lipinski definition) is 4. The second-order valence-electron chi connectivity index (χ2n) is 8.43. The summed E-state index contributed by atoms with van der Waals surface area (Å²) < 4.78 is 11.9. The molecular weight excluding hydrogens is 376 g/mol. The molecule has 0 spiro atoms. The molecule has 1 aliphatic rings. The molecule has 2 aromatic rings. The first-order chi connectivity index (χ1) is 14.3. The third kappa shape index (κ3) is 4.77. The van der Waals surface area contributed by atoms with Crippen LogP contribution in [0.1, 0.15) is 71.9 Å². The van der Waals surface area contributed by atoms with E-state index in [1.165, 1.54) is 0 Å². The normalized spacial score (nSPS) is 13.6. The number of carbonyl (C=O) groups is 1. The smallest absolute Gasteiger partial charge is 0.254 e. The molecule has 0 radical (unpaired) electrons. The topological polar surface area (TPSA) is 51.7 Å². The summed E-state index contributed by atoms with van der Waals surface area (Å²) in [7, 11) is 0. The Hall–Kier alpha value is -2.56. The van der Waals surface area contributed by atoms with Crippen LogP contribution in [0.4, 0.5) is 0 Å². The number of ether oxygens (including phenoxy) is 2. The highest BCUT2D eigenvalue weighted by Gasteiger charge is 2.29. The van der Waals surface area contributed by atoms with Gasteiger partial charge >= 0.3 is 0 Å². The highest BCUT2D eigenvalue weighted by atomic mass is 16.5. The van der Waals surface area contributed by atoms with Crippen molar-refractivity contribution in [1.29, 1.82) is 0 Å². The van der Waals surface area contributed by atoms with E-state index in [4.69, 9.17) is 9.47 Å². The lowest BCUT2D eigenvalue weighted by atomic mass is 9.93. The van der Waals surface area contributed by atoms with Gasteiger partial charge in [-0.1, -0.05) is 19.4 Å². The van der Waals surface area contributed by atoms with Gasteiger partial charge in [0, 0.05) is 28.9 Å². The first-order valence-electron chi connectivity index (χ1n) is 11.0. The van der Waals surface area contributed by atoms with Gasteiger partial charge in [0.1, 0.15) is 5.75 Å². The van der Waals surface area contributed by atoms with Crippen LogP contribution >= 0.6 is 0 Å². The number of unbranched alkanes of at least 4 members (excludes halogenated alkanes) is 1. The molecular formula is C25H34N2O3. The van der Waals surface area contributed by atoms with Crippen molar-refractivity contribution < 1.29 is 14.3 Å². The van der Waals surface area contributed by atoms with Crippen molar-refractivity contribution in [2.24, 2.45) is 0 Å². The van der Waals surface area contributed by atoms with Crippen molar-refractivity contribution in [2.45, 2.75) is 73.5 Å². The van der Waals surface area contributed by atoms with Crippen LogP contribution in [0.15, 0.2) is 18.2 Å². The molecule has 0 aliphatic carbocycles. The van der Waals surface area contributed by atoms with Crippen LogP contribution in [-0.4, -0.2) is 35.0 Å². The molecule has 1 amide bonds. The Bertz CT molecular complexity index is 921. The SMILES string of the molecule is CCCCOc1nc(C)cc(C)c1CN1CCc2ccc(OC(C)C)c(C)c2C1=O. The standard InChI is InChI=1S/C25H34N2O3/c1-7-8-13-29-24-21(17(4)14-18(5)26-24)15-27-12-11-20-9-10-22(30-16(2)3)19(6)23(20)25(27)28/h9-10,14,16H,7-8,11-13,15H2,1-6H3. The largest absolute Gasteiger partial charge is 0.491 e. The molecule has 3 rings (SSSR count). The van der Waals surface area contributed by atoms with Crippen molar-refractivity contribution >= 4 is 5.91 Å². The zero-order valence-electron chi connectivity index (χ0n) is 19.2. The summed E-state index contributed by atoms with van der Waals surface area (Å²) in [5, 5.41) is 0. The Morgan fingerprint density at radius 3 is 2.67 bits per heavy atom. The van der Waals surface area contributed by atoms with Gasteiger partial charge in [-0.25, -0.2) is 4.98 Å². The number of carbonyl (C=O) groups excluding carboxylic acids is 1. The lowest BCUT2D eigenvalue weighted by Gasteiger charge is -2.31. The van der Waals surface area contributed by atoms with E-state index in [-0.39, 0.29) is 12.0 Å². The van der Waals surface area contributed by atoms with Crippen molar-refractivity contribution in [2.75, 3.05) is 13.2 Å². The fraction of sp³-hybridized carbons (Fsp3) is 0.520. The fourth-order valence-corrected chi connectivity index (χ4v) is 3.95. The number of aryl methyl sites for hydroxylation is 2. The number of rotatable bonds is 8. The van der Waals surface area contributed by atoms with E-state index in [9.17, 15) is 4.79 Å². The van der Waals surface area contributed by atoms with Crippen molar-refractivity contribution in [3.8, 4) is 11.6 Å². The number of pyridine rings is 1. The molecule has 162 valence electrons. The van der Waals surface area contributed by atoms with Crippen LogP contribution in [0.3, 0.4) is 0 Å². The number of nitrogens with zero attached hydrogens (tertiary/aromatic N) is 2. The van der Waals surface area contributed by atoms with E-state index in [0.717, 1.165) is 58.5 Å². The van der Waals surface area contributed by atoms with E-state index in [0.29, 0.717) is 25.6 Å². The Kier molecular flexibility index (Phi) is 7.01. The van der Waals surface area contributed by atoms with Crippen LogP contribution < -0.4 is 9.47 Å². The molecule has 5 heteroatoms. The second-order valence-corrected chi connectivity index (χ2v) is 8.43. The average molecular weight is 411 g/mol. The van der Waals surface area contributed by atoms with Gasteiger partial charge < -0.3 is 14.4 Å². The van der Waals surface area contributed by atoms with Crippen LogP contribution in [0.25, 0.3) is 0 Å². The summed E-state index contributed by atoms with van der Waals surface area (Å²) in [6, 6.07) is 6.09. The summed E-state index contributed by atoms with van der Waals surface area (Å²) in [4.78, 5) is 20.0. The molecule has 0 N–H and O–H groups in total. The maximum atomic E-state index is 13.4. The number of amides is 1. The van der Waals surface area contributed by atoms with Gasteiger partial charge in [0.05, 0.1) is 19.3 Å².